The lowest BCUT2D eigenvalue weighted by atomic mass is 9.96. The molecule has 7 heteroatoms. The Kier molecular flexibility index (Phi) is 4.73. The first-order valence-corrected chi connectivity index (χ1v) is 9.21. The Morgan fingerprint density at radius 2 is 2.04 bits per heavy atom. The molecule has 144 valence electrons. The fourth-order valence-corrected chi connectivity index (χ4v) is 3.69. The fraction of sp³-hybridized carbons (Fsp3) is 0.286. The minimum atomic E-state index is -1.03. The van der Waals surface area contributed by atoms with E-state index in [-0.39, 0.29) is 11.8 Å². The molecule has 4 rings (SSSR count). The van der Waals surface area contributed by atoms with Crippen molar-refractivity contribution in [2.75, 3.05) is 11.9 Å². The molecule has 1 aromatic heterocycles. The van der Waals surface area contributed by atoms with Gasteiger partial charge in [-0.2, -0.15) is 0 Å². The summed E-state index contributed by atoms with van der Waals surface area (Å²) in [5.41, 5.74) is 1.86. The summed E-state index contributed by atoms with van der Waals surface area (Å²) < 4.78 is 7.48. The van der Waals surface area contributed by atoms with Crippen LogP contribution in [0.3, 0.4) is 0 Å². The van der Waals surface area contributed by atoms with E-state index in [0.717, 1.165) is 29.4 Å². The molecule has 0 radical (unpaired) electrons. The third-order valence-electron chi connectivity index (χ3n) is 5.15. The van der Waals surface area contributed by atoms with E-state index >= 15 is 0 Å². The molecule has 0 saturated heterocycles. The molecule has 2 aromatic carbocycles. The number of benzene rings is 2. The summed E-state index contributed by atoms with van der Waals surface area (Å²) in [7, 11) is 0. The molecule has 1 aliphatic rings. The number of carbonyl (C=O) groups is 2. The van der Waals surface area contributed by atoms with Crippen LogP contribution < -0.4 is 10.1 Å². The van der Waals surface area contributed by atoms with Gasteiger partial charge in [0.1, 0.15) is 11.6 Å². The number of nitrogens with zero attached hydrogens (tertiary/aromatic N) is 2. The number of amides is 1. The van der Waals surface area contributed by atoms with E-state index in [4.69, 9.17) is 9.84 Å². The van der Waals surface area contributed by atoms with Crippen LogP contribution in [0.2, 0.25) is 0 Å². The Hall–Kier alpha value is -3.35. The molecule has 1 unspecified atom stereocenters. The van der Waals surface area contributed by atoms with Gasteiger partial charge in [-0.15, -0.1) is 0 Å². The molecule has 0 aliphatic carbocycles. The maximum absolute atomic E-state index is 12.9. The molecule has 1 amide bonds. The fourth-order valence-electron chi connectivity index (χ4n) is 3.69. The van der Waals surface area contributed by atoms with Crippen molar-refractivity contribution in [1.82, 2.24) is 9.55 Å². The molecular weight excluding hydrogens is 358 g/mol. The average molecular weight is 379 g/mol. The number of aryl methyl sites for hydroxylation is 2. The van der Waals surface area contributed by atoms with Gasteiger partial charge in [-0.05, 0) is 31.9 Å². The zero-order valence-corrected chi connectivity index (χ0v) is 15.5. The summed E-state index contributed by atoms with van der Waals surface area (Å²) in [4.78, 5) is 28.0. The number of carboxylic acid groups (broad SMARTS) is 1. The highest BCUT2D eigenvalue weighted by atomic mass is 16.5. The smallest absolute Gasteiger partial charge is 0.341 e. The number of ether oxygens (including phenoxy) is 1. The van der Waals surface area contributed by atoms with E-state index in [1.54, 1.807) is 12.1 Å². The van der Waals surface area contributed by atoms with Gasteiger partial charge in [0, 0.05) is 34.9 Å². The number of carboxylic acids is 1. The van der Waals surface area contributed by atoms with Crippen LogP contribution in [0.5, 0.6) is 5.75 Å². The molecule has 0 saturated carbocycles. The Bertz CT molecular complexity index is 1060. The molecule has 7 nitrogen and oxygen atoms in total. The molecular formula is C21H21N3O4. The number of rotatable bonds is 5. The lowest BCUT2D eigenvalue weighted by molar-refractivity contribution is -0.139. The van der Waals surface area contributed by atoms with Crippen LogP contribution in [0.4, 0.5) is 5.69 Å². The quantitative estimate of drug-likeness (QED) is 0.711. The SMILES string of the molecule is Cc1ncc2n1CC(C(=O)Nc1ccc(OCC(=O)O)c3ccccc13)CC2. The molecule has 0 fully saturated rings. The molecule has 3 aromatic rings. The number of hydrogen-bond acceptors (Lipinski definition) is 4. The van der Waals surface area contributed by atoms with Gasteiger partial charge < -0.3 is 19.7 Å². The first kappa shape index (κ1) is 18.0. The second kappa shape index (κ2) is 7.34. The lowest BCUT2D eigenvalue weighted by Gasteiger charge is -2.24. The minimum absolute atomic E-state index is 0.0249. The number of nitrogens with one attached hydrogen (secondary N) is 1. The largest absolute Gasteiger partial charge is 0.481 e. The Labute approximate surface area is 162 Å². The van der Waals surface area contributed by atoms with Gasteiger partial charge in [-0.1, -0.05) is 24.3 Å². The van der Waals surface area contributed by atoms with E-state index in [0.29, 0.717) is 18.0 Å². The molecule has 1 atom stereocenters. The summed E-state index contributed by atoms with van der Waals surface area (Å²) >= 11 is 0. The molecule has 2 N–H and O–H groups in total. The number of carbonyl (C=O) groups excluding carboxylic acids is 1. The second-order valence-electron chi connectivity index (χ2n) is 6.97. The van der Waals surface area contributed by atoms with Crippen molar-refractivity contribution in [2.45, 2.75) is 26.3 Å². The van der Waals surface area contributed by atoms with Crippen LogP contribution in [0, 0.1) is 12.8 Å². The van der Waals surface area contributed by atoms with Crippen molar-refractivity contribution < 1.29 is 19.4 Å². The highest BCUT2D eigenvalue weighted by Gasteiger charge is 2.26. The lowest BCUT2D eigenvalue weighted by Crippen LogP contribution is -2.31. The number of imidazole rings is 1. The molecule has 1 aliphatic heterocycles. The van der Waals surface area contributed by atoms with E-state index in [9.17, 15) is 9.59 Å². The highest BCUT2D eigenvalue weighted by molar-refractivity contribution is 6.04. The maximum atomic E-state index is 12.9. The summed E-state index contributed by atoms with van der Waals surface area (Å²) in [6, 6.07) is 10.9. The van der Waals surface area contributed by atoms with Crippen molar-refractivity contribution in [3.05, 3.63) is 54.1 Å². The summed E-state index contributed by atoms with van der Waals surface area (Å²) in [6.45, 7) is 2.17. The summed E-state index contributed by atoms with van der Waals surface area (Å²) in [5.74, 6) is 0.225. The van der Waals surface area contributed by atoms with Crippen molar-refractivity contribution >= 4 is 28.3 Å². The first-order valence-electron chi connectivity index (χ1n) is 9.21. The normalized spacial score (nSPS) is 15.8. The number of hydrogen-bond donors (Lipinski definition) is 2. The monoisotopic (exact) mass is 379 g/mol. The molecule has 2 heterocycles. The van der Waals surface area contributed by atoms with Crippen molar-refractivity contribution in [2.24, 2.45) is 5.92 Å². The second-order valence-corrected chi connectivity index (χ2v) is 6.97. The Morgan fingerprint density at radius 3 is 2.82 bits per heavy atom. The van der Waals surface area contributed by atoms with Crippen LogP contribution in [0.25, 0.3) is 10.8 Å². The van der Waals surface area contributed by atoms with E-state index in [1.165, 1.54) is 5.69 Å². The van der Waals surface area contributed by atoms with E-state index < -0.39 is 12.6 Å². The molecule has 0 spiro atoms. The van der Waals surface area contributed by atoms with Gasteiger partial charge in [0.15, 0.2) is 6.61 Å². The predicted molar refractivity (Wildman–Crippen MR) is 104 cm³/mol. The van der Waals surface area contributed by atoms with Crippen LogP contribution >= 0.6 is 0 Å². The number of aliphatic carboxylic acids is 1. The maximum Gasteiger partial charge on any atom is 0.341 e. The number of fused-ring (bicyclic) bond motifs is 2. The first-order chi connectivity index (χ1) is 13.5. The topological polar surface area (TPSA) is 93.5 Å². The van der Waals surface area contributed by atoms with Crippen molar-refractivity contribution in [1.29, 1.82) is 0 Å². The highest BCUT2D eigenvalue weighted by Crippen LogP contribution is 2.32. The van der Waals surface area contributed by atoms with Gasteiger partial charge in [0.05, 0.1) is 5.92 Å². The van der Waals surface area contributed by atoms with Crippen LogP contribution in [-0.4, -0.2) is 33.1 Å². The van der Waals surface area contributed by atoms with Crippen LogP contribution in [-0.2, 0) is 22.6 Å². The molecule has 28 heavy (non-hydrogen) atoms. The summed E-state index contributed by atoms with van der Waals surface area (Å²) in [6.07, 6.45) is 3.50. The van der Waals surface area contributed by atoms with Crippen molar-refractivity contribution in [3.63, 3.8) is 0 Å². The van der Waals surface area contributed by atoms with E-state index in [1.807, 2.05) is 37.4 Å². The average Bonchev–Trinajstić information content (AvgIpc) is 3.07. The third-order valence-corrected chi connectivity index (χ3v) is 5.15. The Balaban J connectivity index is 1.56. The summed E-state index contributed by atoms with van der Waals surface area (Å²) in [5, 5.41) is 13.5. The number of aromatic nitrogens is 2. The van der Waals surface area contributed by atoms with Gasteiger partial charge >= 0.3 is 5.97 Å². The van der Waals surface area contributed by atoms with Crippen LogP contribution in [0.1, 0.15) is 17.9 Å². The minimum Gasteiger partial charge on any atom is -0.481 e. The van der Waals surface area contributed by atoms with E-state index in [2.05, 4.69) is 14.9 Å². The van der Waals surface area contributed by atoms with Crippen molar-refractivity contribution in [3.8, 4) is 5.75 Å². The zero-order valence-electron chi connectivity index (χ0n) is 15.5. The van der Waals surface area contributed by atoms with Gasteiger partial charge in [0.25, 0.3) is 0 Å². The predicted octanol–water partition coefficient (Wildman–Crippen LogP) is 3.01. The van der Waals surface area contributed by atoms with Crippen LogP contribution in [0.15, 0.2) is 42.6 Å². The molecule has 0 bridgehead atoms. The van der Waals surface area contributed by atoms with Gasteiger partial charge in [-0.3, -0.25) is 4.79 Å². The zero-order chi connectivity index (χ0) is 19.7. The standard InChI is InChI=1S/C21H21N3O4/c1-13-22-10-15-7-6-14(11-24(13)15)21(27)23-18-8-9-19(28-12-20(25)26)17-5-3-2-4-16(17)18/h2-5,8-10,14H,6-7,11-12H2,1H3,(H,23,27)(H,25,26). The number of anilines is 1. The third kappa shape index (κ3) is 3.43. The van der Waals surface area contributed by atoms with Gasteiger partial charge in [0.2, 0.25) is 5.91 Å². The Morgan fingerprint density at radius 1 is 1.25 bits per heavy atom. The van der Waals surface area contributed by atoms with Gasteiger partial charge in [-0.25, -0.2) is 9.78 Å².